The van der Waals surface area contributed by atoms with Gasteiger partial charge in [-0.25, -0.2) is 4.39 Å². The van der Waals surface area contributed by atoms with E-state index in [4.69, 9.17) is 27.4 Å². The van der Waals surface area contributed by atoms with Crippen LogP contribution in [0.1, 0.15) is 5.56 Å². The molecule has 0 saturated carbocycles. The summed E-state index contributed by atoms with van der Waals surface area (Å²) in [4.78, 5) is 0. The number of halogens is 3. The van der Waals surface area contributed by atoms with Gasteiger partial charge in [0.1, 0.15) is 5.82 Å². The molecule has 0 saturated heterocycles. The molecule has 8 heteroatoms. The molecule has 0 aliphatic carbocycles. The van der Waals surface area contributed by atoms with Crippen molar-refractivity contribution < 1.29 is 17.0 Å². The van der Waals surface area contributed by atoms with Crippen molar-refractivity contribution in [2.24, 2.45) is 0 Å². The van der Waals surface area contributed by atoms with Gasteiger partial charge in [-0.05, 0) is 18.2 Å². The van der Waals surface area contributed by atoms with Crippen LogP contribution in [0.3, 0.4) is 0 Å². The van der Waals surface area contributed by atoms with Crippen LogP contribution in [0.25, 0.3) is 11.1 Å². The van der Waals surface area contributed by atoms with Gasteiger partial charge < -0.3 is 4.18 Å². The van der Waals surface area contributed by atoms with Crippen LogP contribution in [0.5, 0.6) is 5.75 Å². The fourth-order valence-electron chi connectivity index (χ4n) is 2.10. The zero-order valence-electron chi connectivity index (χ0n) is 10.4. The van der Waals surface area contributed by atoms with Gasteiger partial charge in [-0.15, -0.1) is 0 Å². The molecule has 0 aromatic heterocycles. The Morgan fingerprint density at radius 3 is 2.71 bits per heavy atom. The van der Waals surface area contributed by atoms with Gasteiger partial charge in [0.15, 0.2) is 5.75 Å². The van der Waals surface area contributed by atoms with E-state index in [1.54, 1.807) is 18.2 Å². The molecule has 0 bridgehead atoms. The molecule has 0 radical (unpaired) electrons. The van der Waals surface area contributed by atoms with Crippen LogP contribution in [0.15, 0.2) is 30.3 Å². The second-order valence-electron chi connectivity index (χ2n) is 4.40. The quantitative estimate of drug-likeness (QED) is 0.858. The first-order chi connectivity index (χ1) is 9.87. The number of fused-ring (bicyclic) bond motifs is 1. The van der Waals surface area contributed by atoms with Crippen molar-refractivity contribution in [2.45, 2.75) is 6.54 Å². The molecule has 1 aliphatic rings. The van der Waals surface area contributed by atoms with Crippen LogP contribution < -0.4 is 8.91 Å². The van der Waals surface area contributed by atoms with E-state index in [1.165, 1.54) is 6.07 Å². The van der Waals surface area contributed by atoms with E-state index >= 15 is 0 Å². The molecule has 2 aromatic carbocycles. The van der Waals surface area contributed by atoms with Crippen LogP contribution in [0.2, 0.25) is 10.0 Å². The predicted molar refractivity (Wildman–Crippen MR) is 78.2 cm³/mol. The highest BCUT2D eigenvalue weighted by Crippen LogP contribution is 2.41. The van der Waals surface area contributed by atoms with Gasteiger partial charge in [0.05, 0.1) is 10.0 Å². The van der Waals surface area contributed by atoms with Gasteiger partial charge in [-0.2, -0.15) is 13.1 Å². The van der Waals surface area contributed by atoms with Gasteiger partial charge >= 0.3 is 10.3 Å². The normalized spacial score (nSPS) is 16.1. The topological polar surface area (TPSA) is 55.4 Å². The molecule has 0 fully saturated rings. The summed E-state index contributed by atoms with van der Waals surface area (Å²) in [5, 5.41) is 0.482. The fraction of sp³-hybridized carbons (Fsp3) is 0.0769. The summed E-state index contributed by atoms with van der Waals surface area (Å²) in [6.07, 6.45) is 0. The van der Waals surface area contributed by atoms with Crippen molar-refractivity contribution in [1.29, 1.82) is 0 Å². The number of hydrogen-bond acceptors (Lipinski definition) is 3. The highest BCUT2D eigenvalue weighted by Gasteiger charge is 2.27. The molecule has 1 N–H and O–H groups in total. The maximum atomic E-state index is 13.8. The molecule has 3 rings (SSSR count). The van der Waals surface area contributed by atoms with Gasteiger partial charge in [-0.1, -0.05) is 35.3 Å². The predicted octanol–water partition coefficient (Wildman–Crippen LogP) is 3.53. The molecule has 2 aromatic rings. The minimum atomic E-state index is -3.91. The molecular formula is C13H8Cl2FNO3S. The molecule has 110 valence electrons. The van der Waals surface area contributed by atoms with E-state index in [1.807, 2.05) is 0 Å². The van der Waals surface area contributed by atoms with E-state index in [0.717, 1.165) is 6.07 Å². The van der Waals surface area contributed by atoms with Crippen LogP contribution in [0, 0.1) is 5.82 Å². The largest absolute Gasteiger partial charge is 0.382 e. The third kappa shape index (κ3) is 2.72. The number of benzene rings is 2. The third-order valence-electron chi connectivity index (χ3n) is 3.00. The molecule has 1 heterocycles. The summed E-state index contributed by atoms with van der Waals surface area (Å²) in [6, 6.07) is 7.20. The van der Waals surface area contributed by atoms with E-state index in [9.17, 15) is 12.8 Å². The lowest BCUT2D eigenvalue weighted by Gasteiger charge is -2.21. The lowest BCUT2D eigenvalue weighted by molar-refractivity contribution is 0.452. The van der Waals surface area contributed by atoms with E-state index in [0.29, 0.717) is 11.1 Å². The smallest absolute Gasteiger partial charge is 0.370 e. The van der Waals surface area contributed by atoms with E-state index in [-0.39, 0.29) is 27.9 Å². The Kier molecular flexibility index (Phi) is 3.57. The van der Waals surface area contributed by atoms with Crippen LogP contribution in [-0.4, -0.2) is 8.42 Å². The lowest BCUT2D eigenvalue weighted by atomic mass is 10.0. The summed E-state index contributed by atoms with van der Waals surface area (Å²) in [6.45, 7) is -0.0549. The summed E-state index contributed by atoms with van der Waals surface area (Å²) in [5.41, 5.74) is 1.02. The number of nitrogens with one attached hydrogen (secondary N) is 1. The average molecular weight is 348 g/mol. The molecular weight excluding hydrogens is 340 g/mol. The fourth-order valence-corrected chi connectivity index (χ4v) is 3.31. The van der Waals surface area contributed by atoms with Crippen molar-refractivity contribution in [3.8, 4) is 16.9 Å². The summed E-state index contributed by atoms with van der Waals surface area (Å²) in [7, 11) is -3.91. The first-order valence-electron chi connectivity index (χ1n) is 5.83. The third-order valence-corrected chi connectivity index (χ3v) is 4.71. The SMILES string of the molecule is O=S1(=O)NCc2cc(F)cc(-c3cccc(Cl)c3Cl)c2O1. The first kappa shape index (κ1) is 14.6. The Labute approximate surface area is 130 Å². The maximum Gasteiger partial charge on any atom is 0.382 e. The van der Waals surface area contributed by atoms with Crippen molar-refractivity contribution in [3.05, 3.63) is 51.8 Å². The van der Waals surface area contributed by atoms with Crippen molar-refractivity contribution in [1.82, 2.24) is 4.72 Å². The highest BCUT2D eigenvalue weighted by atomic mass is 35.5. The molecule has 4 nitrogen and oxygen atoms in total. The van der Waals surface area contributed by atoms with Gasteiger partial charge in [0.25, 0.3) is 0 Å². The zero-order valence-corrected chi connectivity index (χ0v) is 12.7. The van der Waals surface area contributed by atoms with Gasteiger partial charge in [0, 0.05) is 23.2 Å². The second-order valence-corrected chi connectivity index (χ2v) is 6.55. The number of rotatable bonds is 1. The molecule has 0 atom stereocenters. The maximum absolute atomic E-state index is 13.8. The average Bonchev–Trinajstić information content (AvgIpc) is 2.41. The molecule has 1 aliphatic heterocycles. The molecule has 0 spiro atoms. The van der Waals surface area contributed by atoms with Crippen molar-refractivity contribution in [2.75, 3.05) is 0 Å². The van der Waals surface area contributed by atoms with Crippen LogP contribution >= 0.6 is 23.2 Å². The van der Waals surface area contributed by atoms with Crippen LogP contribution in [0.4, 0.5) is 4.39 Å². The van der Waals surface area contributed by atoms with Gasteiger partial charge in [-0.3, -0.25) is 0 Å². The molecule has 21 heavy (non-hydrogen) atoms. The Balaban J connectivity index is 2.28. The highest BCUT2D eigenvalue weighted by molar-refractivity contribution is 7.85. The van der Waals surface area contributed by atoms with E-state index < -0.39 is 16.1 Å². The summed E-state index contributed by atoms with van der Waals surface area (Å²) in [5.74, 6) is -0.469. The number of hydrogen-bond donors (Lipinski definition) is 1. The Hall–Kier alpha value is -1.34. The first-order valence-corrected chi connectivity index (χ1v) is 8.00. The second kappa shape index (κ2) is 5.14. The Bertz CT molecular complexity index is 840. The van der Waals surface area contributed by atoms with Crippen LogP contribution in [-0.2, 0) is 16.8 Å². The lowest BCUT2D eigenvalue weighted by Crippen LogP contribution is -2.32. The Morgan fingerprint density at radius 2 is 1.95 bits per heavy atom. The summed E-state index contributed by atoms with van der Waals surface area (Å²) < 4.78 is 44.0. The minimum Gasteiger partial charge on any atom is -0.370 e. The standard InChI is InChI=1S/C13H8Cl2FNO3S/c14-11-3-1-2-9(12(11)15)10-5-8(16)4-7-6-17-21(18,19)20-13(7)10/h1-5,17H,6H2. The van der Waals surface area contributed by atoms with Crippen molar-refractivity contribution in [3.63, 3.8) is 0 Å². The zero-order chi connectivity index (χ0) is 15.2. The minimum absolute atomic E-state index is 0.0549. The van der Waals surface area contributed by atoms with Crippen molar-refractivity contribution >= 4 is 33.5 Å². The molecule has 0 unspecified atom stereocenters. The monoisotopic (exact) mass is 347 g/mol. The Morgan fingerprint density at radius 1 is 1.19 bits per heavy atom. The molecule has 0 amide bonds. The van der Waals surface area contributed by atoms with Gasteiger partial charge in [0.2, 0.25) is 0 Å². The summed E-state index contributed by atoms with van der Waals surface area (Å²) >= 11 is 12.1. The van der Waals surface area contributed by atoms with E-state index in [2.05, 4.69) is 4.72 Å².